The van der Waals surface area contributed by atoms with Gasteiger partial charge in [0.25, 0.3) is 0 Å². The molecule has 0 saturated carbocycles. The molecule has 16 heavy (non-hydrogen) atoms. The molecule has 5 heteroatoms. The van der Waals surface area contributed by atoms with Gasteiger partial charge < -0.3 is 9.47 Å². The lowest BCUT2D eigenvalue weighted by Crippen LogP contribution is -2.20. The van der Waals surface area contributed by atoms with Crippen LogP contribution in [0.4, 0.5) is 4.39 Å². The normalized spacial score (nSPS) is 12.2. The van der Waals surface area contributed by atoms with Crippen molar-refractivity contribution in [2.24, 2.45) is 0 Å². The van der Waals surface area contributed by atoms with E-state index < -0.39 is 17.9 Å². The Morgan fingerprint density at radius 2 is 2.25 bits per heavy atom. The van der Waals surface area contributed by atoms with Gasteiger partial charge in [-0.3, -0.25) is 0 Å². The topological polar surface area (TPSA) is 35.5 Å². The van der Waals surface area contributed by atoms with Crippen molar-refractivity contribution in [3.05, 3.63) is 34.1 Å². The summed E-state index contributed by atoms with van der Waals surface area (Å²) in [6.07, 6.45) is -0.402. The quantitative estimate of drug-likeness (QED) is 0.800. The summed E-state index contributed by atoms with van der Waals surface area (Å²) in [5.74, 6) is -1.29. The second-order valence-electron chi connectivity index (χ2n) is 3.30. The van der Waals surface area contributed by atoms with E-state index >= 15 is 0 Å². The van der Waals surface area contributed by atoms with Crippen LogP contribution in [0.3, 0.4) is 0 Å². The molecule has 1 aromatic rings. The highest BCUT2D eigenvalue weighted by Crippen LogP contribution is 2.16. The maximum absolute atomic E-state index is 13.4. The summed E-state index contributed by atoms with van der Waals surface area (Å²) in [6, 6.07) is 4.18. The minimum Gasteiger partial charge on any atom is -0.457 e. The number of benzene rings is 1. The molecule has 0 saturated heterocycles. The first-order valence-electron chi connectivity index (χ1n) is 4.69. The fourth-order valence-electron chi connectivity index (χ4n) is 1.17. The maximum Gasteiger partial charge on any atom is 0.341 e. The van der Waals surface area contributed by atoms with Crippen LogP contribution in [0.5, 0.6) is 0 Å². The van der Waals surface area contributed by atoms with Crippen molar-refractivity contribution in [2.75, 3.05) is 13.7 Å². The lowest BCUT2D eigenvalue weighted by molar-refractivity contribution is 0.0116. The van der Waals surface area contributed by atoms with Gasteiger partial charge in [-0.1, -0.05) is 15.9 Å². The number of carbonyl (C=O) groups is 1. The van der Waals surface area contributed by atoms with Gasteiger partial charge in [-0.05, 0) is 25.1 Å². The molecule has 88 valence electrons. The SMILES string of the molecule is COC[C@@H](C)OC(=O)c1ccc(Br)cc1F. The predicted molar refractivity (Wildman–Crippen MR) is 60.9 cm³/mol. The van der Waals surface area contributed by atoms with Crippen molar-refractivity contribution in [3.63, 3.8) is 0 Å². The Morgan fingerprint density at radius 3 is 2.81 bits per heavy atom. The lowest BCUT2D eigenvalue weighted by atomic mass is 10.2. The highest BCUT2D eigenvalue weighted by Gasteiger charge is 2.16. The molecular weight excluding hydrogens is 279 g/mol. The van der Waals surface area contributed by atoms with Crippen LogP contribution in [0.25, 0.3) is 0 Å². The zero-order chi connectivity index (χ0) is 12.1. The van der Waals surface area contributed by atoms with E-state index in [0.29, 0.717) is 4.47 Å². The number of halogens is 2. The van der Waals surface area contributed by atoms with Gasteiger partial charge in [0.05, 0.1) is 12.2 Å². The van der Waals surface area contributed by atoms with E-state index in [-0.39, 0.29) is 12.2 Å². The van der Waals surface area contributed by atoms with Gasteiger partial charge in [-0.15, -0.1) is 0 Å². The monoisotopic (exact) mass is 290 g/mol. The van der Waals surface area contributed by atoms with Crippen molar-refractivity contribution in [1.82, 2.24) is 0 Å². The van der Waals surface area contributed by atoms with Crippen molar-refractivity contribution >= 4 is 21.9 Å². The third-order valence-electron chi connectivity index (χ3n) is 1.86. The number of rotatable bonds is 4. The first-order chi connectivity index (χ1) is 7.54. The summed E-state index contributed by atoms with van der Waals surface area (Å²) in [7, 11) is 1.50. The number of esters is 1. The molecule has 0 aromatic heterocycles. The smallest absolute Gasteiger partial charge is 0.341 e. The first-order valence-corrected chi connectivity index (χ1v) is 5.49. The molecule has 0 aliphatic rings. The molecule has 1 aromatic carbocycles. The van der Waals surface area contributed by atoms with E-state index in [2.05, 4.69) is 15.9 Å². The van der Waals surface area contributed by atoms with Crippen LogP contribution in [0.1, 0.15) is 17.3 Å². The molecule has 0 aliphatic carbocycles. The number of ether oxygens (including phenoxy) is 2. The van der Waals surface area contributed by atoms with Crippen molar-refractivity contribution in [3.8, 4) is 0 Å². The molecule has 0 bridgehead atoms. The third kappa shape index (κ3) is 3.57. The van der Waals surface area contributed by atoms with Crippen LogP contribution in [0.15, 0.2) is 22.7 Å². The van der Waals surface area contributed by atoms with Crippen LogP contribution in [-0.2, 0) is 9.47 Å². The molecule has 0 spiro atoms. The second kappa shape index (κ2) is 5.96. The minimum atomic E-state index is -0.686. The molecule has 1 atom stereocenters. The Labute approximate surface area is 102 Å². The van der Waals surface area contributed by atoms with Gasteiger partial charge >= 0.3 is 5.97 Å². The van der Waals surface area contributed by atoms with E-state index in [1.54, 1.807) is 13.0 Å². The molecule has 0 aliphatic heterocycles. The van der Waals surface area contributed by atoms with Crippen molar-refractivity contribution in [1.29, 1.82) is 0 Å². The van der Waals surface area contributed by atoms with E-state index in [9.17, 15) is 9.18 Å². The van der Waals surface area contributed by atoms with Crippen molar-refractivity contribution in [2.45, 2.75) is 13.0 Å². The summed E-state index contributed by atoms with van der Waals surface area (Å²) in [4.78, 5) is 11.5. The molecule has 1 rings (SSSR count). The Hall–Kier alpha value is -0.940. The van der Waals surface area contributed by atoms with Crippen LogP contribution < -0.4 is 0 Å². The highest BCUT2D eigenvalue weighted by molar-refractivity contribution is 9.10. The van der Waals surface area contributed by atoms with Gasteiger partial charge in [0.15, 0.2) is 0 Å². The molecule has 3 nitrogen and oxygen atoms in total. The molecule has 0 unspecified atom stereocenters. The van der Waals surface area contributed by atoms with E-state index in [1.807, 2.05) is 0 Å². The molecule has 0 fully saturated rings. The molecule has 0 N–H and O–H groups in total. The zero-order valence-corrected chi connectivity index (χ0v) is 10.6. The van der Waals surface area contributed by atoms with E-state index in [4.69, 9.17) is 9.47 Å². The Bertz CT molecular complexity index is 381. The summed E-state index contributed by atoms with van der Waals surface area (Å²) < 4.78 is 23.7. The predicted octanol–water partition coefficient (Wildman–Crippen LogP) is 2.78. The average molecular weight is 291 g/mol. The van der Waals surface area contributed by atoms with Gasteiger partial charge in [0, 0.05) is 11.6 Å². The Kier molecular flexibility index (Phi) is 4.89. The molecular formula is C11H12BrFO3. The average Bonchev–Trinajstić information content (AvgIpc) is 2.17. The lowest BCUT2D eigenvalue weighted by Gasteiger charge is -2.12. The maximum atomic E-state index is 13.4. The summed E-state index contributed by atoms with van der Waals surface area (Å²) in [6.45, 7) is 1.96. The molecule has 0 radical (unpaired) electrons. The van der Waals surface area contributed by atoms with E-state index in [0.717, 1.165) is 0 Å². The van der Waals surface area contributed by atoms with Gasteiger partial charge in [-0.2, -0.15) is 0 Å². The van der Waals surface area contributed by atoms with Gasteiger partial charge in [0.1, 0.15) is 11.9 Å². The summed E-state index contributed by atoms with van der Waals surface area (Å²) >= 11 is 3.11. The fourth-order valence-corrected chi connectivity index (χ4v) is 1.50. The van der Waals surface area contributed by atoms with Crippen LogP contribution in [-0.4, -0.2) is 25.8 Å². The van der Waals surface area contributed by atoms with Crippen LogP contribution in [0.2, 0.25) is 0 Å². The number of methoxy groups -OCH3 is 1. The second-order valence-corrected chi connectivity index (χ2v) is 4.21. The fraction of sp³-hybridized carbons (Fsp3) is 0.364. The third-order valence-corrected chi connectivity index (χ3v) is 2.35. The van der Waals surface area contributed by atoms with Gasteiger partial charge in [-0.25, -0.2) is 9.18 Å². The largest absolute Gasteiger partial charge is 0.457 e. The van der Waals surface area contributed by atoms with Gasteiger partial charge in [0.2, 0.25) is 0 Å². The Balaban J connectivity index is 2.73. The highest BCUT2D eigenvalue weighted by atomic mass is 79.9. The van der Waals surface area contributed by atoms with Crippen LogP contribution >= 0.6 is 15.9 Å². The summed E-state index contributed by atoms with van der Waals surface area (Å²) in [5, 5.41) is 0. The summed E-state index contributed by atoms with van der Waals surface area (Å²) in [5.41, 5.74) is -0.0776. The standard InChI is InChI=1S/C11H12BrFO3/c1-7(6-15-2)16-11(14)9-4-3-8(12)5-10(9)13/h3-5,7H,6H2,1-2H3/t7-/m1/s1. The number of hydrogen-bond acceptors (Lipinski definition) is 3. The minimum absolute atomic E-state index is 0.0776. The molecule has 0 heterocycles. The first kappa shape index (κ1) is 13.1. The van der Waals surface area contributed by atoms with Crippen LogP contribution in [0, 0.1) is 5.82 Å². The van der Waals surface area contributed by atoms with Crippen molar-refractivity contribution < 1.29 is 18.7 Å². The molecule has 0 amide bonds. The number of carbonyl (C=O) groups excluding carboxylic acids is 1. The Morgan fingerprint density at radius 1 is 1.56 bits per heavy atom. The zero-order valence-electron chi connectivity index (χ0n) is 9.00. The van der Waals surface area contributed by atoms with E-state index in [1.165, 1.54) is 19.2 Å². The number of hydrogen-bond donors (Lipinski definition) is 0.